The van der Waals surface area contributed by atoms with Gasteiger partial charge in [-0.15, -0.1) is 0 Å². The zero-order chi connectivity index (χ0) is 10.8. The van der Waals surface area contributed by atoms with E-state index in [2.05, 4.69) is 13.8 Å². The minimum absolute atomic E-state index is 0.0252. The van der Waals surface area contributed by atoms with E-state index in [0.29, 0.717) is 0 Å². The third kappa shape index (κ3) is 2.71. The first-order valence-corrected chi connectivity index (χ1v) is 5.35. The van der Waals surface area contributed by atoms with E-state index >= 15 is 0 Å². The number of carbonyl (C=O) groups is 1. The quantitative estimate of drug-likeness (QED) is 0.694. The number of hydrogen-bond acceptors (Lipinski definition) is 2. The number of nitrogens with zero attached hydrogens (tertiary/aromatic N) is 1. The lowest BCUT2D eigenvalue weighted by molar-refractivity contribution is -0.140. The molecular weight excluding hydrogens is 178 g/mol. The van der Waals surface area contributed by atoms with Gasteiger partial charge in [0.2, 0.25) is 5.91 Å². The second-order valence-corrected chi connectivity index (χ2v) is 4.82. The molecule has 0 radical (unpaired) electrons. The van der Waals surface area contributed by atoms with Gasteiger partial charge in [0.05, 0.1) is 6.10 Å². The molecule has 0 saturated carbocycles. The number of hydrogen-bond donors (Lipinski definition) is 0. The van der Waals surface area contributed by atoms with Crippen molar-refractivity contribution in [3.05, 3.63) is 0 Å². The van der Waals surface area contributed by atoms with Crippen LogP contribution < -0.4 is 0 Å². The van der Waals surface area contributed by atoms with Gasteiger partial charge in [0.1, 0.15) is 6.61 Å². The lowest BCUT2D eigenvalue weighted by Crippen LogP contribution is -2.44. The smallest absolute Gasteiger partial charge is 0.249 e. The van der Waals surface area contributed by atoms with Gasteiger partial charge in [-0.05, 0) is 40.5 Å². The van der Waals surface area contributed by atoms with Gasteiger partial charge >= 0.3 is 0 Å². The van der Waals surface area contributed by atoms with Gasteiger partial charge in [0, 0.05) is 12.1 Å². The Morgan fingerprint density at radius 3 is 2.57 bits per heavy atom. The summed E-state index contributed by atoms with van der Waals surface area (Å²) in [6, 6.07) is 0. The minimum atomic E-state index is 0.0252. The van der Waals surface area contributed by atoms with Crippen molar-refractivity contribution in [1.82, 2.24) is 4.90 Å². The van der Waals surface area contributed by atoms with Gasteiger partial charge in [-0.3, -0.25) is 4.79 Å². The maximum atomic E-state index is 11.8. The third-order valence-corrected chi connectivity index (χ3v) is 2.74. The first kappa shape index (κ1) is 11.5. The Morgan fingerprint density at radius 2 is 2.14 bits per heavy atom. The second-order valence-electron chi connectivity index (χ2n) is 4.82. The predicted molar refractivity (Wildman–Crippen MR) is 56.1 cm³/mol. The monoisotopic (exact) mass is 199 g/mol. The van der Waals surface area contributed by atoms with Crippen LogP contribution in [0.15, 0.2) is 0 Å². The number of rotatable bonds is 3. The normalized spacial score (nSPS) is 20.5. The Morgan fingerprint density at radius 1 is 1.50 bits per heavy atom. The first-order valence-electron chi connectivity index (χ1n) is 5.35. The van der Waals surface area contributed by atoms with E-state index in [1.165, 1.54) is 0 Å². The zero-order valence-electron chi connectivity index (χ0n) is 9.67. The summed E-state index contributed by atoms with van der Waals surface area (Å²) in [6.45, 7) is 9.24. The molecule has 0 aromatic carbocycles. The molecule has 0 spiro atoms. The second kappa shape index (κ2) is 4.30. The number of likely N-dealkylation sites (tertiary alicyclic amines) is 1. The van der Waals surface area contributed by atoms with E-state index in [9.17, 15) is 4.79 Å². The van der Waals surface area contributed by atoms with Crippen molar-refractivity contribution in [2.24, 2.45) is 0 Å². The lowest BCUT2D eigenvalue weighted by atomic mass is 10.0. The Labute approximate surface area is 86.4 Å². The summed E-state index contributed by atoms with van der Waals surface area (Å²) in [4.78, 5) is 13.7. The van der Waals surface area contributed by atoms with Crippen LogP contribution in [0.25, 0.3) is 0 Å². The summed E-state index contributed by atoms with van der Waals surface area (Å²) < 4.78 is 5.32. The van der Waals surface area contributed by atoms with Crippen molar-refractivity contribution < 1.29 is 9.53 Å². The van der Waals surface area contributed by atoms with Crippen molar-refractivity contribution in [2.75, 3.05) is 13.2 Å². The molecule has 1 heterocycles. The van der Waals surface area contributed by atoms with Crippen LogP contribution in [-0.4, -0.2) is 35.6 Å². The summed E-state index contributed by atoms with van der Waals surface area (Å²) >= 11 is 0. The molecule has 0 aliphatic carbocycles. The maximum absolute atomic E-state index is 11.8. The fourth-order valence-corrected chi connectivity index (χ4v) is 1.89. The largest absolute Gasteiger partial charge is 0.369 e. The van der Waals surface area contributed by atoms with Gasteiger partial charge in [0.25, 0.3) is 0 Å². The highest BCUT2D eigenvalue weighted by Gasteiger charge is 2.35. The summed E-state index contributed by atoms with van der Waals surface area (Å²) in [7, 11) is 0. The molecule has 3 heteroatoms. The van der Waals surface area contributed by atoms with Crippen molar-refractivity contribution in [3.8, 4) is 0 Å². The molecule has 0 N–H and O–H groups in total. The summed E-state index contributed by atoms with van der Waals surface area (Å²) in [6.07, 6.45) is 2.34. The highest BCUT2D eigenvalue weighted by Crippen LogP contribution is 2.27. The fourth-order valence-electron chi connectivity index (χ4n) is 1.89. The van der Waals surface area contributed by atoms with Crippen LogP contribution in [0.5, 0.6) is 0 Å². The van der Waals surface area contributed by atoms with Crippen LogP contribution in [-0.2, 0) is 9.53 Å². The lowest BCUT2D eigenvalue weighted by Gasteiger charge is -2.31. The van der Waals surface area contributed by atoms with Gasteiger partial charge in [-0.2, -0.15) is 0 Å². The number of ether oxygens (including phenoxy) is 1. The van der Waals surface area contributed by atoms with Gasteiger partial charge in [0.15, 0.2) is 0 Å². The first-order chi connectivity index (χ1) is 6.43. The summed E-state index contributed by atoms with van der Waals surface area (Å²) in [5.41, 5.74) is 0.0252. The molecular formula is C11H21NO2. The predicted octanol–water partition coefficient (Wildman–Crippen LogP) is 1.81. The third-order valence-electron chi connectivity index (χ3n) is 2.74. The Bertz CT molecular complexity index is 211. The molecule has 0 unspecified atom stereocenters. The van der Waals surface area contributed by atoms with Crippen molar-refractivity contribution in [2.45, 2.75) is 52.2 Å². The average Bonchev–Trinajstić information content (AvgIpc) is 2.41. The van der Waals surface area contributed by atoms with Gasteiger partial charge in [-0.25, -0.2) is 0 Å². The van der Waals surface area contributed by atoms with E-state index in [1.807, 2.05) is 18.7 Å². The Kier molecular flexibility index (Phi) is 3.53. The Hall–Kier alpha value is -0.570. The van der Waals surface area contributed by atoms with Crippen molar-refractivity contribution >= 4 is 5.91 Å². The molecule has 14 heavy (non-hydrogen) atoms. The Balaban J connectivity index is 2.44. The van der Waals surface area contributed by atoms with Crippen molar-refractivity contribution in [3.63, 3.8) is 0 Å². The highest BCUT2D eigenvalue weighted by molar-refractivity contribution is 5.78. The van der Waals surface area contributed by atoms with Crippen molar-refractivity contribution in [1.29, 1.82) is 0 Å². The average molecular weight is 199 g/mol. The zero-order valence-corrected chi connectivity index (χ0v) is 9.67. The molecule has 3 nitrogen and oxygen atoms in total. The van der Waals surface area contributed by atoms with E-state index < -0.39 is 0 Å². The van der Waals surface area contributed by atoms with Crippen LogP contribution in [0.3, 0.4) is 0 Å². The molecule has 1 aliphatic heterocycles. The summed E-state index contributed by atoms with van der Waals surface area (Å²) in [5, 5.41) is 0. The van der Waals surface area contributed by atoms with Crippen LogP contribution in [0.2, 0.25) is 0 Å². The molecule has 0 atom stereocenters. The molecule has 1 saturated heterocycles. The SMILES string of the molecule is CC(C)OCC(=O)N1CCCC1(C)C. The van der Waals surface area contributed by atoms with Crippen LogP contribution in [0, 0.1) is 0 Å². The van der Waals surface area contributed by atoms with E-state index in [4.69, 9.17) is 4.74 Å². The van der Waals surface area contributed by atoms with E-state index in [0.717, 1.165) is 19.4 Å². The van der Waals surface area contributed by atoms with Crippen LogP contribution in [0.4, 0.5) is 0 Å². The minimum Gasteiger partial charge on any atom is -0.369 e. The number of carbonyl (C=O) groups excluding carboxylic acids is 1. The highest BCUT2D eigenvalue weighted by atomic mass is 16.5. The van der Waals surface area contributed by atoms with Crippen LogP contribution >= 0.6 is 0 Å². The van der Waals surface area contributed by atoms with E-state index in [-0.39, 0.29) is 24.2 Å². The topological polar surface area (TPSA) is 29.5 Å². The van der Waals surface area contributed by atoms with Crippen LogP contribution in [0.1, 0.15) is 40.5 Å². The molecule has 82 valence electrons. The molecule has 0 aromatic rings. The van der Waals surface area contributed by atoms with E-state index in [1.54, 1.807) is 0 Å². The molecule has 1 amide bonds. The van der Waals surface area contributed by atoms with Gasteiger partial charge in [-0.1, -0.05) is 0 Å². The molecule has 1 rings (SSSR count). The van der Waals surface area contributed by atoms with Gasteiger partial charge < -0.3 is 9.64 Å². The number of amides is 1. The molecule has 0 bridgehead atoms. The molecule has 1 fully saturated rings. The summed E-state index contributed by atoms with van der Waals surface area (Å²) in [5.74, 6) is 0.126. The maximum Gasteiger partial charge on any atom is 0.249 e. The standard InChI is InChI=1S/C11H21NO2/c1-9(2)14-8-10(13)12-7-5-6-11(12,3)4/h9H,5-8H2,1-4H3. The molecule has 0 aromatic heterocycles. The fraction of sp³-hybridized carbons (Fsp3) is 0.909. The molecule has 1 aliphatic rings.